The first kappa shape index (κ1) is 16.7. The standard InChI is InChI=1S/C20H23N2OS/c1-15-5-7-19(8-6-15)24(23)14-21-9-10-22(13-21)20-17(3)11-16(2)12-18(20)4/h5-13H,14H2,1-4H3/q+1. The van der Waals surface area contributed by atoms with Crippen LogP contribution in [0.15, 0.2) is 60.0 Å². The van der Waals surface area contributed by atoms with Crippen LogP contribution in [0.1, 0.15) is 22.3 Å². The average molecular weight is 339 g/mol. The molecule has 3 aromatic rings. The van der Waals surface area contributed by atoms with Gasteiger partial charge in [-0.3, -0.25) is 4.21 Å². The third-order valence-electron chi connectivity index (χ3n) is 4.14. The minimum absolute atomic E-state index is 0.458. The Labute approximate surface area is 146 Å². The second-order valence-electron chi connectivity index (χ2n) is 6.37. The van der Waals surface area contributed by atoms with Crippen molar-refractivity contribution in [2.45, 2.75) is 38.5 Å². The molecule has 0 amide bonds. The summed E-state index contributed by atoms with van der Waals surface area (Å²) in [5, 5.41) is 0. The van der Waals surface area contributed by atoms with Gasteiger partial charge in [-0.05, 0) is 51.0 Å². The largest absolute Gasteiger partial charge is 0.250 e. The summed E-state index contributed by atoms with van der Waals surface area (Å²) in [6.45, 7) is 8.41. The Kier molecular flexibility index (Phi) is 4.67. The number of aryl methyl sites for hydroxylation is 4. The lowest BCUT2D eigenvalue weighted by atomic mass is 10.1. The molecule has 0 aliphatic rings. The molecule has 1 heterocycles. The SMILES string of the molecule is Cc1ccc(S(=O)C[n+]2ccn(-c3c(C)cc(C)cc3C)c2)cc1. The quantitative estimate of drug-likeness (QED) is 0.665. The minimum Gasteiger partial charge on any atom is -0.250 e. The Balaban J connectivity index is 1.84. The zero-order chi connectivity index (χ0) is 17.3. The molecule has 0 spiro atoms. The fraction of sp³-hybridized carbons (Fsp3) is 0.250. The molecular formula is C20H23N2OS+. The van der Waals surface area contributed by atoms with E-state index in [1.165, 1.54) is 27.9 Å². The molecule has 4 heteroatoms. The van der Waals surface area contributed by atoms with Crippen LogP contribution in [0, 0.1) is 27.7 Å². The van der Waals surface area contributed by atoms with Crippen LogP contribution < -0.4 is 4.57 Å². The third kappa shape index (κ3) is 3.49. The van der Waals surface area contributed by atoms with E-state index in [1.54, 1.807) is 0 Å². The van der Waals surface area contributed by atoms with Crippen molar-refractivity contribution in [3.8, 4) is 5.69 Å². The van der Waals surface area contributed by atoms with Gasteiger partial charge in [0.15, 0.2) is 5.88 Å². The summed E-state index contributed by atoms with van der Waals surface area (Å²) in [6, 6.07) is 12.3. The maximum absolute atomic E-state index is 12.5. The monoisotopic (exact) mass is 339 g/mol. The predicted octanol–water partition coefficient (Wildman–Crippen LogP) is 3.76. The summed E-state index contributed by atoms with van der Waals surface area (Å²) >= 11 is 0. The second kappa shape index (κ2) is 6.73. The zero-order valence-electron chi connectivity index (χ0n) is 14.6. The first-order valence-electron chi connectivity index (χ1n) is 8.04. The van der Waals surface area contributed by atoms with Gasteiger partial charge in [0.1, 0.15) is 18.1 Å². The van der Waals surface area contributed by atoms with Gasteiger partial charge in [-0.15, -0.1) is 0 Å². The molecule has 0 fully saturated rings. The van der Waals surface area contributed by atoms with Crippen LogP contribution >= 0.6 is 0 Å². The van der Waals surface area contributed by atoms with Crippen LogP contribution in [0.4, 0.5) is 0 Å². The first-order valence-corrected chi connectivity index (χ1v) is 9.36. The van der Waals surface area contributed by atoms with E-state index >= 15 is 0 Å². The number of imidazole rings is 1. The molecular weight excluding hydrogens is 316 g/mol. The van der Waals surface area contributed by atoms with Gasteiger partial charge in [-0.1, -0.05) is 35.4 Å². The molecule has 0 N–H and O–H groups in total. The number of hydrogen-bond acceptors (Lipinski definition) is 1. The van der Waals surface area contributed by atoms with Gasteiger partial charge in [0, 0.05) is 4.90 Å². The second-order valence-corrected chi connectivity index (χ2v) is 7.79. The van der Waals surface area contributed by atoms with Gasteiger partial charge in [-0.25, -0.2) is 9.13 Å². The maximum atomic E-state index is 12.5. The van der Waals surface area contributed by atoms with Crippen molar-refractivity contribution < 1.29 is 8.78 Å². The van der Waals surface area contributed by atoms with Crippen molar-refractivity contribution >= 4 is 10.8 Å². The highest BCUT2D eigenvalue weighted by Crippen LogP contribution is 2.20. The molecule has 124 valence electrons. The fourth-order valence-electron chi connectivity index (χ4n) is 3.08. The van der Waals surface area contributed by atoms with E-state index in [9.17, 15) is 4.21 Å². The highest BCUT2D eigenvalue weighted by atomic mass is 32.2. The lowest BCUT2D eigenvalue weighted by molar-refractivity contribution is -0.676. The normalized spacial score (nSPS) is 12.3. The number of hydrogen-bond donors (Lipinski definition) is 0. The van der Waals surface area contributed by atoms with Gasteiger partial charge in [0.2, 0.25) is 6.33 Å². The Hall–Kier alpha value is -2.20. The van der Waals surface area contributed by atoms with Gasteiger partial charge in [0.25, 0.3) is 0 Å². The number of benzene rings is 2. The highest BCUT2D eigenvalue weighted by Gasteiger charge is 2.14. The lowest BCUT2D eigenvalue weighted by Crippen LogP contribution is -2.33. The molecule has 24 heavy (non-hydrogen) atoms. The van der Waals surface area contributed by atoms with Crippen LogP contribution in [-0.4, -0.2) is 8.78 Å². The molecule has 2 aromatic carbocycles. The van der Waals surface area contributed by atoms with E-state index < -0.39 is 10.8 Å². The Morgan fingerprint density at radius 1 is 0.958 bits per heavy atom. The van der Waals surface area contributed by atoms with Crippen molar-refractivity contribution in [2.24, 2.45) is 0 Å². The van der Waals surface area contributed by atoms with E-state index in [0.717, 1.165) is 4.90 Å². The zero-order valence-corrected chi connectivity index (χ0v) is 15.4. The van der Waals surface area contributed by atoms with Crippen LogP contribution in [-0.2, 0) is 16.7 Å². The highest BCUT2D eigenvalue weighted by molar-refractivity contribution is 7.83. The summed E-state index contributed by atoms with van der Waals surface area (Å²) in [6.07, 6.45) is 6.01. The van der Waals surface area contributed by atoms with Crippen molar-refractivity contribution in [3.05, 3.63) is 77.4 Å². The molecule has 3 nitrogen and oxygen atoms in total. The van der Waals surface area contributed by atoms with Crippen molar-refractivity contribution in [1.82, 2.24) is 4.57 Å². The summed E-state index contributed by atoms with van der Waals surface area (Å²) in [4.78, 5) is 0.864. The summed E-state index contributed by atoms with van der Waals surface area (Å²) in [7, 11) is -1.05. The van der Waals surface area contributed by atoms with Crippen LogP contribution in [0.25, 0.3) is 5.69 Å². The van der Waals surface area contributed by atoms with Crippen molar-refractivity contribution in [3.63, 3.8) is 0 Å². The summed E-state index contributed by atoms with van der Waals surface area (Å²) in [5.41, 5.74) is 6.14. The molecule has 0 radical (unpaired) electrons. The van der Waals surface area contributed by atoms with E-state index in [2.05, 4.69) is 37.5 Å². The molecule has 0 saturated carbocycles. The Morgan fingerprint density at radius 3 is 2.21 bits per heavy atom. The molecule has 1 aromatic heterocycles. The van der Waals surface area contributed by atoms with E-state index in [0.29, 0.717) is 5.88 Å². The molecule has 0 aliphatic carbocycles. The van der Waals surface area contributed by atoms with Crippen molar-refractivity contribution in [2.75, 3.05) is 0 Å². The lowest BCUT2D eigenvalue weighted by Gasteiger charge is -2.07. The number of rotatable bonds is 4. The molecule has 0 bridgehead atoms. The minimum atomic E-state index is -1.05. The first-order chi connectivity index (χ1) is 11.4. The van der Waals surface area contributed by atoms with E-state index in [1.807, 2.05) is 54.5 Å². The van der Waals surface area contributed by atoms with Crippen molar-refractivity contribution in [1.29, 1.82) is 0 Å². The molecule has 0 aliphatic heterocycles. The smallest absolute Gasteiger partial charge is 0.249 e. The predicted molar refractivity (Wildman–Crippen MR) is 97.8 cm³/mol. The van der Waals surface area contributed by atoms with E-state index in [4.69, 9.17) is 0 Å². The molecule has 1 atom stereocenters. The topological polar surface area (TPSA) is 25.9 Å². The van der Waals surface area contributed by atoms with Crippen LogP contribution in [0.2, 0.25) is 0 Å². The Morgan fingerprint density at radius 2 is 1.58 bits per heavy atom. The third-order valence-corrected chi connectivity index (χ3v) is 5.47. The molecule has 3 rings (SSSR count). The average Bonchev–Trinajstić information content (AvgIpc) is 2.95. The van der Waals surface area contributed by atoms with Crippen LogP contribution in [0.5, 0.6) is 0 Å². The van der Waals surface area contributed by atoms with Gasteiger partial charge in [0.05, 0.1) is 10.8 Å². The number of nitrogens with zero attached hydrogens (tertiary/aromatic N) is 2. The summed E-state index contributed by atoms with van der Waals surface area (Å²) in [5.74, 6) is 0.458. The van der Waals surface area contributed by atoms with Gasteiger partial charge >= 0.3 is 0 Å². The molecule has 0 saturated heterocycles. The Bertz CT molecular complexity index is 871. The molecule has 1 unspecified atom stereocenters. The fourth-order valence-corrected chi connectivity index (χ4v) is 4.09. The summed E-state index contributed by atoms with van der Waals surface area (Å²) < 4.78 is 16.6. The van der Waals surface area contributed by atoms with Gasteiger partial charge < -0.3 is 0 Å². The van der Waals surface area contributed by atoms with Crippen LogP contribution in [0.3, 0.4) is 0 Å². The maximum Gasteiger partial charge on any atom is 0.249 e. The van der Waals surface area contributed by atoms with Gasteiger partial charge in [-0.2, -0.15) is 0 Å². The van der Waals surface area contributed by atoms with E-state index in [-0.39, 0.29) is 0 Å². The number of aromatic nitrogens is 2.